The van der Waals surface area contributed by atoms with Crippen LogP contribution in [0.1, 0.15) is 27.3 Å². The Morgan fingerprint density at radius 2 is 1.86 bits per heavy atom. The molecule has 0 spiro atoms. The predicted octanol–water partition coefficient (Wildman–Crippen LogP) is 5.39. The van der Waals surface area contributed by atoms with Crippen molar-refractivity contribution in [2.24, 2.45) is 0 Å². The zero-order valence-electron chi connectivity index (χ0n) is 16.1. The molecule has 0 bridgehead atoms. The van der Waals surface area contributed by atoms with Gasteiger partial charge in [0.25, 0.3) is 5.91 Å². The van der Waals surface area contributed by atoms with Gasteiger partial charge in [0.15, 0.2) is 5.65 Å². The Hall–Kier alpha value is -3.25. The molecule has 0 radical (unpaired) electrons. The minimum absolute atomic E-state index is 0.350. The molecule has 146 valence electrons. The highest BCUT2D eigenvalue weighted by molar-refractivity contribution is 6.31. The second-order valence-corrected chi connectivity index (χ2v) is 7.26. The van der Waals surface area contributed by atoms with Crippen molar-refractivity contribution in [3.63, 3.8) is 0 Å². The highest BCUT2D eigenvalue weighted by atomic mass is 35.5. The van der Waals surface area contributed by atoms with Crippen LogP contribution in [-0.2, 0) is 0 Å². The smallest absolute Gasteiger partial charge is 0.256 e. The Balaban J connectivity index is 1.87. The number of rotatable bonds is 3. The molecule has 4 aromatic rings. The van der Waals surface area contributed by atoms with E-state index in [-0.39, 0.29) is 5.91 Å². The standard InChI is InChI=1S/C22H18ClFN4O/c1-12-10-17(22(29)26-16-7-4-6-15(24)11-16)20-14(3)27-28(21(20)25-12)19-9-5-8-18(23)13(19)2/h4-11H,1-3H3,(H,26,29). The fourth-order valence-electron chi connectivity index (χ4n) is 3.35. The summed E-state index contributed by atoms with van der Waals surface area (Å²) in [6.07, 6.45) is 0. The minimum Gasteiger partial charge on any atom is -0.322 e. The van der Waals surface area contributed by atoms with Crippen molar-refractivity contribution in [2.75, 3.05) is 5.32 Å². The molecule has 1 amide bonds. The molecule has 2 aromatic carbocycles. The molecule has 1 N–H and O–H groups in total. The fourth-order valence-corrected chi connectivity index (χ4v) is 3.52. The third-order valence-electron chi connectivity index (χ3n) is 4.74. The van der Waals surface area contributed by atoms with E-state index in [0.29, 0.717) is 38.7 Å². The Morgan fingerprint density at radius 3 is 2.62 bits per heavy atom. The van der Waals surface area contributed by atoms with Crippen LogP contribution in [0, 0.1) is 26.6 Å². The van der Waals surface area contributed by atoms with Crippen LogP contribution in [0.2, 0.25) is 5.02 Å². The van der Waals surface area contributed by atoms with Crippen LogP contribution in [0.5, 0.6) is 0 Å². The number of carbonyl (C=O) groups excluding carboxylic acids is 1. The van der Waals surface area contributed by atoms with Crippen molar-refractivity contribution in [1.29, 1.82) is 0 Å². The molecular formula is C22H18ClFN4O. The van der Waals surface area contributed by atoms with Crippen LogP contribution in [0.4, 0.5) is 10.1 Å². The lowest BCUT2D eigenvalue weighted by Gasteiger charge is -2.10. The number of hydrogen-bond acceptors (Lipinski definition) is 3. The van der Waals surface area contributed by atoms with Crippen LogP contribution in [0.25, 0.3) is 16.7 Å². The summed E-state index contributed by atoms with van der Waals surface area (Å²) >= 11 is 6.28. The molecule has 4 rings (SSSR count). The van der Waals surface area contributed by atoms with Gasteiger partial charge in [0.1, 0.15) is 5.82 Å². The summed E-state index contributed by atoms with van der Waals surface area (Å²) < 4.78 is 15.2. The largest absolute Gasteiger partial charge is 0.322 e. The van der Waals surface area contributed by atoms with Gasteiger partial charge in [0, 0.05) is 16.4 Å². The molecule has 0 aliphatic heterocycles. The topological polar surface area (TPSA) is 59.8 Å². The van der Waals surface area contributed by atoms with Gasteiger partial charge in [-0.1, -0.05) is 23.7 Å². The van der Waals surface area contributed by atoms with Crippen LogP contribution in [-0.4, -0.2) is 20.7 Å². The van der Waals surface area contributed by atoms with E-state index in [4.69, 9.17) is 11.6 Å². The highest BCUT2D eigenvalue weighted by Crippen LogP contribution is 2.29. The van der Waals surface area contributed by atoms with Crippen molar-refractivity contribution < 1.29 is 9.18 Å². The van der Waals surface area contributed by atoms with Crippen molar-refractivity contribution in [1.82, 2.24) is 14.8 Å². The Bertz CT molecular complexity index is 1270. The van der Waals surface area contributed by atoms with Crippen LogP contribution >= 0.6 is 11.6 Å². The van der Waals surface area contributed by atoms with Gasteiger partial charge in [-0.15, -0.1) is 0 Å². The second-order valence-electron chi connectivity index (χ2n) is 6.86. The van der Waals surface area contributed by atoms with Crippen molar-refractivity contribution in [3.05, 3.63) is 81.9 Å². The molecule has 7 heteroatoms. The van der Waals surface area contributed by atoms with E-state index in [1.165, 1.54) is 12.1 Å². The van der Waals surface area contributed by atoms with Crippen molar-refractivity contribution in [2.45, 2.75) is 20.8 Å². The number of pyridine rings is 1. The molecule has 29 heavy (non-hydrogen) atoms. The van der Waals surface area contributed by atoms with E-state index < -0.39 is 5.82 Å². The molecule has 0 saturated heterocycles. The number of amides is 1. The van der Waals surface area contributed by atoms with Gasteiger partial charge in [-0.3, -0.25) is 4.79 Å². The minimum atomic E-state index is -0.417. The van der Waals surface area contributed by atoms with Gasteiger partial charge in [-0.25, -0.2) is 14.1 Å². The molecule has 0 atom stereocenters. The summed E-state index contributed by atoms with van der Waals surface area (Å²) in [5, 5.41) is 8.64. The maximum absolute atomic E-state index is 13.5. The number of nitrogens with one attached hydrogen (secondary N) is 1. The van der Waals surface area contributed by atoms with E-state index in [0.717, 1.165) is 11.3 Å². The molecule has 5 nitrogen and oxygen atoms in total. The maximum atomic E-state index is 13.5. The van der Waals surface area contributed by atoms with Crippen molar-refractivity contribution in [3.8, 4) is 5.69 Å². The number of aromatic nitrogens is 3. The molecule has 0 saturated carbocycles. The number of aryl methyl sites for hydroxylation is 2. The van der Waals surface area contributed by atoms with Gasteiger partial charge in [-0.05, 0) is 62.7 Å². The lowest BCUT2D eigenvalue weighted by molar-refractivity contribution is 0.102. The molecule has 2 aromatic heterocycles. The lowest BCUT2D eigenvalue weighted by atomic mass is 10.1. The quantitative estimate of drug-likeness (QED) is 0.494. The molecular weight excluding hydrogens is 391 g/mol. The first-order valence-electron chi connectivity index (χ1n) is 9.04. The molecule has 0 fully saturated rings. The third-order valence-corrected chi connectivity index (χ3v) is 5.14. The van der Waals surface area contributed by atoms with Gasteiger partial charge in [-0.2, -0.15) is 5.10 Å². The lowest BCUT2D eigenvalue weighted by Crippen LogP contribution is -2.13. The Labute approximate surface area is 172 Å². The van der Waals surface area contributed by atoms with Crippen LogP contribution in [0.3, 0.4) is 0 Å². The van der Waals surface area contributed by atoms with Gasteiger partial charge < -0.3 is 5.32 Å². The predicted molar refractivity (Wildman–Crippen MR) is 112 cm³/mol. The monoisotopic (exact) mass is 408 g/mol. The fraction of sp³-hybridized carbons (Fsp3) is 0.136. The number of anilines is 1. The van der Waals surface area contributed by atoms with E-state index in [9.17, 15) is 9.18 Å². The first-order chi connectivity index (χ1) is 13.8. The van der Waals surface area contributed by atoms with Gasteiger partial charge in [0.05, 0.1) is 22.3 Å². The summed E-state index contributed by atoms with van der Waals surface area (Å²) in [4.78, 5) is 17.6. The molecule has 0 unspecified atom stereocenters. The third kappa shape index (κ3) is 3.47. The van der Waals surface area contributed by atoms with E-state index in [2.05, 4.69) is 15.4 Å². The first-order valence-corrected chi connectivity index (χ1v) is 9.42. The zero-order valence-corrected chi connectivity index (χ0v) is 16.9. The van der Waals surface area contributed by atoms with E-state index >= 15 is 0 Å². The van der Waals surface area contributed by atoms with Crippen LogP contribution in [0.15, 0.2) is 48.5 Å². The van der Waals surface area contributed by atoms with E-state index in [1.54, 1.807) is 22.9 Å². The number of hydrogen-bond donors (Lipinski definition) is 1. The van der Waals surface area contributed by atoms with Crippen molar-refractivity contribution >= 4 is 34.2 Å². The summed E-state index contributed by atoms with van der Waals surface area (Å²) in [6, 6.07) is 13.1. The Morgan fingerprint density at radius 1 is 1.10 bits per heavy atom. The number of benzene rings is 2. The zero-order chi connectivity index (χ0) is 20.7. The average Bonchev–Trinajstić information content (AvgIpc) is 2.99. The summed E-state index contributed by atoms with van der Waals surface area (Å²) in [5.41, 5.74) is 4.38. The highest BCUT2D eigenvalue weighted by Gasteiger charge is 2.20. The number of fused-ring (bicyclic) bond motifs is 1. The summed E-state index contributed by atoms with van der Waals surface area (Å²) in [7, 11) is 0. The van der Waals surface area contributed by atoms with E-state index in [1.807, 2.05) is 39.0 Å². The summed E-state index contributed by atoms with van der Waals surface area (Å²) in [5.74, 6) is -0.768. The van der Waals surface area contributed by atoms with Gasteiger partial charge in [0.2, 0.25) is 0 Å². The normalized spacial score (nSPS) is 11.1. The Kier molecular flexibility index (Phi) is 4.80. The second kappa shape index (κ2) is 7.29. The number of carbonyl (C=O) groups is 1. The molecule has 2 heterocycles. The molecule has 0 aliphatic rings. The first kappa shape index (κ1) is 19.1. The number of halogens is 2. The van der Waals surface area contributed by atoms with Gasteiger partial charge >= 0.3 is 0 Å². The molecule has 0 aliphatic carbocycles. The van der Waals surface area contributed by atoms with Crippen LogP contribution < -0.4 is 5.32 Å². The number of nitrogens with zero attached hydrogens (tertiary/aromatic N) is 3. The SMILES string of the molecule is Cc1cc(C(=O)Nc2cccc(F)c2)c2c(C)nn(-c3cccc(Cl)c3C)c2n1. The average molecular weight is 409 g/mol. The maximum Gasteiger partial charge on any atom is 0.256 e. The summed E-state index contributed by atoms with van der Waals surface area (Å²) in [6.45, 7) is 5.55.